The fraction of sp³-hybridized carbons (Fsp3) is 0.136. The van der Waals surface area contributed by atoms with E-state index in [0.717, 1.165) is 56.8 Å². The van der Waals surface area contributed by atoms with Gasteiger partial charge in [0, 0.05) is 28.5 Å². The molecule has 0 saturated carbocycles. The van der Waals surface area contributed by atoms with E-state index >= 15 is 0 Å². The van der Waals surface area contributed by atoms with Crippen molar-refractivity contribution in [2.75, 3.05) is 5.32 Å². The Hall–Kier alpha value is -2.49. The molecule has 0 unspecified atom stereocenters. The number of fused-ring (bicyclic) bond motifs is 1. The van der Waals surface area contributed by atoms with Crippen LogP contribution in [0.3, 0.4) is 0 Å². The van der Waals surface area contributed by atoms with Gasteiger partial charge in [-0.15, -0.1) is 0 Å². The first-order valence-corrected chi connectivity index (χ1v) is 9.69. The zero-order valence-electron chi connectivity index (χ0n) is 14.9. The standard InChI is InChI=1S/C22H19Cl2N3/c1-2-14-27-21-19(24)4-3-5-20(21)26-22(27)15-6-10-17(11-7-15)25-18-12-8-16(23)9-13-18/h3-13,25H,2,14H2,1H3. The fourth-order valence-corrected chi connectivity index (χ4v) is 3.60. The van der Waals surface area contributed by atoms with Crippen molar-refractivity contribution in [3.05, 3.63) is 76.8 Å². The molecule has 0 atom stereocenters. The highest BCUT2D eigenvalue weighted by Crippen LogP contribution is 2.31. The fourth-order valence-electron chi connectivity index (χ4n) is 3.21. The summed E-state index contributed by atoms with van der Waals surface area (Å²) in [6.07, 6.45) is 1.01. The highest BCUT2D eigenvalue weighted by atomic mass is 35.5. The molecule has 1 aromatic heterocycles. The Bertz CT molecular complexity index is 1070. The molecule has 0 saturated heterocycles. The van der Waals surface area contributed by atoms with E-state index in [9.17, 15) is 0 Å². The molecule has 0 radical (unpaired) electrons. The lowest BCUT2D eigenvalue weighted by molar-refractivity contribution is 0.704. The van der Waals surface area contributed by atoms with E-state index in [1.165, 1.54) is 0 Å². The first-order chi connectivity index (χ1) is 13.2. The summed E-state index contributed by atoms with van der Waals surface area (Å²) in [6.45, 7) is 3.03. The molecular formula is C22H19Cl2N3. The van der Waals surface area contributed by atoms with Gasteiger partial charge in [0.05, 0.1) is 16.1 Å². The molecule has 0 aliphatic carbocycles. The van der Waals surface area contributed by atoms with E-state index in [1.54, 1.807) is 0 Å². The highest BCUT2D eigenvalue weighted by Gasteiger charge is 2.14. The smallest absolute Gasteiger partial charge is 0.141 e. The Labute approximate surface area is 168 Å². The number of nitrogens with zero attached hydrogens (tertiary/aromatic N) is 2. The summed E-state index contributed by atoms with van der Waals surface area (Å²) in [7, 11) is 0. The number of aryl methyl sites for hydroxylation is 1. The third-order valence-corrected chi connectivity index (χ3v) is 5.00. The Morgan fingerprint density at radius 2 is 1.56 bits per heavy atom. The minimum Gasteiger partial charge on any atom is -0.356 e. The molecular weight excluding hydrogens is 377 g/mol. The van der Waals surface area contributed by atoms with E-state index < -0.39 is 0 Å². The van der Waals surface area contributed by atoms with Crippen molar-refractivity contribution < 1.29 is 0 Å². The number of para-hydroxylation sites is 1. The molecule has 4 aromatic rings. The third-order valence-electron chi connectivity index (χ3n) is 4.44. The van der Waals surface area contributed by atoms with Crippen LogP contribution in [0.2, 0.25) is 10.0 Å². The number of imidazole rings is 1. The van der Waals surface area contributed by atoms with Crippen molar-refractivity contribution in [1.82, 2.24) is 9.55 Å². The molecule has 0 fully saturated rings. The highest BCUT2D eigenvalue weighted by molar-refractivity contribution is 6.35. The Morgan fingerprint density at radius 1 is 0.889 bits per heavy atom. The molecule has 3 aromatic carbocycles. The Morgan fingerprint density at radius 3 is 2.22 bits per heavy atom. The number of benzene rings is 3. The van der Waals surface area contributed by atoms with Gasteiger partial charge in [-0.2, -0.15) is 0 Å². The van der Waals surface area contributed by atoms with Gasteiger partial charge in [-0.1, -0.05) is 36.2 Å². The predicted molar refractivity (Wildman–Crippen MR) is 115 cm³/mol. The van der Waals surface area contributed by atoms with E-state index in [-0.39, 0.29) is 0 Å². The zero-order chi connectivity index (χ0) is 18.8. The second-order valence-electron chi connectivity index (χ2n) is 6.40. The second kappa shape index (κ2) is 7.63. The monoisotopic (exact) mass is 395 g/mol. The van der Waals surface area contributed by atoms with Crippen LogP contribution in [0.25, 0.3) is 22.4 Å². The van der Waals surface area contributed by atoms with Crippen molar-refractivity contribution >= 4 is 45.6 Å². The van der Waals surface area contributed by atoms with Crippen molar-refractivity contribution in [2.45, 2.75) is 19.9 Å². The molecule has 27 heavy (non-hydrogen) atoms. The number of halogens is 2. The van der Waals surface area contributed by atoms with Gasteiger partial charge in [-0.25, -0.2) is 4.98 Å². The molecule has 136 valence electrons. The summed E-state index contributed by atoms with van der Waals surface area (Å²) < 4.78 is 2.21. The summed E-state index contributed by atoms with van der Waals surface area (Å²) in [5.41, 5.74) is 5.00. The lowest BCUT2D eigenvalue weighted by atomic mass is 10.2. The van der Waals surface area contributed by atoms with Crippen LogP contribution >= 0.6 is 23.2 Å². The molecule has 0 aliphatic rings. The van der Waals surface area contributed by atoms with Crippen LogP contribution in [-0.2, 0) is 6.54 Å². The van der Waals surface area contributed by atoms with Crippen LogP contribution in [0, 0.1) is 0 Å². The summed E-state index contributed by atoms with van der Waals surface area (Å²) in [6, 6.07) is 21.8. The van der Waals surface area contributed by atoms with Gasteiger partial charge in [0.15, 0.2) is 0 Å². The number of nitrogens with one attached hydrogen (secondary N) is 1. The summed E-state index contributed by atoms with van der Waals surface area (Å²) in [5.74, 6) is 0.943. The van der Waals surface area contributed by atoms with Crippen LogP contribution < -0.4 is 5.32 Å². The summed E-state index contributed by atoms with van der Waals surface area (Å²) in [4.78, 5) is 4.83. The van der Waals surface area contributed by atoms with Crippen molar-refractivity contribution in [2.24, 2.45) is 0 Å². The second-order valence-corrected chi connectivity index (χ2v) is 7.25. The minimum absolute atomic E-state index is 0.726. The molecule has 5 heteroatoms. The van der Waals surface area contributed by atoms with Gasteiger partial charge in [0.25, 0.3) is 0 Å². The maximum Gasteiger partial charge on any atom is 0.141 e. The average molecular weight is 396 g/mol. The Balaban J connectivity index is 1.68. The SMILES string of the molecule is CCCn1c(-c2ccc(Nc3ccc(Cl)cc3)cc2)nc2cccc(Cl)c21. The van der Waals surface area contributed by atoms with Crippen LogP contribution in [0.15, 0.2) is 66.7 Å². The van der Waals surface area contributed by atoms with E-state index in [0.29, 0.717) is 0 Å². The molecule has 1 N–H and O–H groups in total. The van der Waals surface area contributed by atoms with Crippen LogP contribution in [0.1, 0.15) is 13.3 Å². The van der Waals surface area contributed by atoms with Crippen LogP contribution in [-0.4, -0.2) is 9.55 Å². The summed E-state index contributed by atoms with van der Waals surface area (Å²) in [5, 5.41) is 4.84. The van der Waals surface area contributed by atoms with E-state index in [1.807, 2.05) is 42.5 Å². The first kappa shape index (κ1) is 17.9. The molecule has 4 rings (SSSR count). The van der Waals surface area contributed by atoms with Crippen molar-refractivity contribution in [3.63, 3.8) is 0 Å². The topological polar surface area (TPSA) is 29.9 Å². The average Bonchev–Trinajstić information content (AvgIpc) is 3.04. The number of aromatic nitrogens is 2. The third kappa shape index (κ3) is 3.66. The van der Waals surface area contributed by atoms with Gasteiger partial charge in [-0.3, -0.25) is 0 Å². The van der Waals surface area contributed by atoms with Crippen molar-refractivity contribution in [1.29, 1.82) is 0 Å². The van der Waals surface area contributed by atoms with Gasteiger partial charge >= 0.3 is 0 Å². The molecule has 0 bridgehead atoms. The van der Waals surface area contributed by atoms with Gasteiger partial charge in [0.2, 0.25) is 0 Å². The van der Waals surface area contributed by atoms with E-state index in [2.05, 4.69) is 41.1 Å². The number of rotatable bonds is 5. The van der Waals surface area contributed by atoms with Gasteiger partial charge in [0.1, 0.15) is 5.82 Å². The van der Waals surface area contributed by atoms with E-state index in [4.69, 9.17) is 28.2 Å². The molecule has 0 amide bonds. The largest absolute Gasteiger partial charge is 0.356 e. The molecule has 0 spiro atoms. The van der Waals surface area contributed by atoms with Gasteiger partial charge in [-0.05, 0) is 67.1 Å². The lowest BCUT2D eigenvalue weighted by Crippen LogP contribution is -2.00. The molecule has 3 nitrogen and oxygen atoms in total. The number of hydrogen-bond acceptors (Lipinski definition) is 2. The minimum atomic E-state index is 0.726. The maximum atomic E-state index is 6.45. The first-order valence-electron chi connectivity index (χ1n) is 8.93. The van der Waals surface area contributed by atoms with Crippen LogP contribution in [0.4, 0.5) is 11.4 Å². The number of anilines is 2. The normalized spacial score (nSPS) is 11.1. The van der Waals surface area contributed by atoms with Gasteiger partial charge < -0.3 is 9.88 Å². The number of hydrogen-bond donors (Lipinski definition) is 1. The predicted octanol–water partition coefficient (Wildman–Crippen LogP) is 7.16. The Kier molecular flexibility index (Phi) is 5.06. The lowest BCUT2D eigenvalue weighted by Gasteiger charge is -2.10. The molecule has 0 aliphatic heterocycles. The van der Waals surface area contributed by atoms with Crippen LogP contribution in [0.5, 0.6) is 0 Å². The zero-order valence-corrected chi connectivity index (χ0v) is 16.4. The summed E-state index contributed by atoms with van der Waals surface area (Å²) >= 11 is 12.4. The van der Waals surface area contributed by atoms with Crippen molar-refractivity contribution in [3.8, 4) is 11.4 Å². The quantitative estimate of drug-likeness (QED) is 0.388. The molecule has 1 heterocycles. The maximum absolute atomic E-state index is 6.45.